The van der Waals surface area contributed by atoms with E-state index in [2.05, 4.69) is 33.8 Å². The first kappa shape index (κ1) is 21.7. The Kier molecular flexibility index (Phi) is 6.92. The minimum atomic E-state index is -4.94. The monoisotopic (exact) mass is 424 g/mol. The molecule has 9 heteroatoms. The van der Waals surface area contributed by atoms with Gasteiger partial charge in [-0.2, -0.15) is 0 Å². The van der Waals surface area contributed by atoms with Crippen LogP contribution in [0.3, 0.4) is 0 Å². The Balaban J connectivity index is 0.000000431. The maximum Gasteiger partial charge on any atom is 0.305 e. The zero-order valence-corrected chi connectivity index (χ0v) is 17.1. The summed E-state index contributed by atoms with van der Waals surface area (Å²) < 4.78 is 41.6. The molecule has 1 unspecified atom stereocenters. The molecule has 158 valence electrons. The second kappa shape index (κ2) is 9.23. The van der Waals surface area contributed by atoms with Crippen LogP contribution in [0.5, 0.6) is 0 Å². The van der Waals surface area contributed by atoms with Gasteiger partial charge in [-0.3, -0.25) is 4.79 Å². The zero-order chi connectivity index (χ0) is 21.0. The molecule has 1 aromatic heterocycles. The van der Waals surface area contributed by atoms with E-state index in [0.717, 1.165) is 25.9 Å². The number of halogens is 1. The largest absolute Gasteiger partial charge is 0.466 e. The first-order chi connectivity index (χ1) is 13.8. The molecule has 0 aliphatic carbocycles. The third-order valence-corrected chi connectivity index (χ3v) is 5.41. The number of nitrogens with zero attached hydrogens (tertiary/aromatic N) is 1. The Morgan fingerprint density at radius 2 is 1.97 bits per heavy atom. The van der Waals surface area contributed by atoms with Gasteiger partial charge in [0.1, 0.15) is 18.8 Å². The van der Waals surface area contributed by atoms with Gasteiger partial charge in [-0.1, -0.05) is 18.2 Å². The predicted octanol–water partition coefficient (Wildman–Crippen LogP) is -1.48. The van der Waals surface area contributed by atoms with Gasteiger partial charge < -0.3 is 9.72 Å². The van der Waals surface area contributed by atoms with Gasteiger partial charge in [0, 0.05) is 36.1 Å². The van der Waals surface area contributed by atoms with E-state index in [1.807, 2.05) is 6.92 Å². The highest BCUT2D eigenvalue weighted by Gasteiger charge is 2.37. The summed E-state index contributed by atoms with van der Waals surface area (Å²) in [4.78, 5) is 15.4. The summed E-state index contributed by atoms with van der Waals surface area (Å²) in [6.45, 7) is 4.57. The lowest BCUT2D eigenvalue weighted by Gasteiger charge is -2.26. The Morgan fingerprint density at radius 1 is 1.24 bits per heavy atom. The summed E-state index contributed by atoms with van der Waals surface area (Å²) in [6.07, 6.45) is 4.89. The molecule has 3 heterocycles. The summed E-state index contributed by atoms with van der Waals surface area (Å²) in [5.74, 6) is 0.387. The fraction of sp³-hybridized carbons (Fsp3) is 0.500. The second-order valence-corrected chi connectivity index (χ2v) is 7.96. The molecule has 1 N–H and O–H groups in total. The number of fused-ring (bicyclic) bond motifs is 4. The van der Waals surface area contributed by atoms with Crippen molar-refractivity contribution in [1.29, 1.82) is 0 Å². The number of esters is 1. The fourth-order valence-corrected chi connectivity index (χ4v) is 4.37. The minimum Gasteiger partial charge on any atom is -0.466 e. The Labute approximate surface area is 171 Å². The molecule has 0 spiro atoms. The van der Waals surface area contributed by atoms with Gasteiger partial charge in [0.25, 0.3) is 0 Å². The van der Waals surface area contributed by atoms with Crippen molar-refractivity contribution in [1.82, 2.24) is 4.98 Å². The van der Waals surface area contributed by atoms with Crippen molar-refractivity contribution in [3.63, 3.8) is 0 Å². The van der Waals surface area contributed by atoms with E-state index in [0.29, 0.717) is 18.9 Å². The van der Waals surface area contributed by atoms with Gasteiger partial charge >= 0.3 is 5.97 Å². The average Bonchev–Trinajstić information content (AvgIpc) is 3.04. The molecule has 2 aromatic rings. The third-order valence-electron chi connectivity index (χ3n) is 5.41. The van der Waals surface area contributed by atoms with Crippen LogP contribution in [0, 0.1) is 16.2 Å². The molecule has 0 fully saturated rings. The summed E-state index contributed by atoms with van der Waals surface area (Å²) in [5, 5.41) is 1.36. The van der Waals surface area contributed by atoms with Crippen LogP contribution in [0.4, 0.5) is 0 Å². The highest BCUT2D eigenvalue weighted by atomic mass is 35.7. The van der Waals surface area contributed by atoms with E-state index < -0.39 is 10.2 Å². The van der Waals surface area contributed by atoms with Gasteiger partial charge in [0.05, 0.1) is 6.61 Å². The fourth-order valence-electron chi connectivity index (χ4n) is 4.37. The first-order valence-electron chi connectivity index (χ1n) is 9.77. The molecule has 8 nitrogen and oxygen atoms in total. The van der Waals surface area contributed by atoms with Crippen LogP contribution in [-0.2, 0) is 16.0 Å². The number of carbonyl (C=O) groups is 1. The van der Waals surface area contributed by atoms with Gasteiger partial charge in [0.15, 0.2) is 0 Å². The maximum absolute atomic E-state index is 11.8. The van der Waals surface area contributed by atoms with Crippen molar-refractivity contribution in [3.05, 3.63) is 35.5 Å². The first-order valence-corrected chi connectivity index (χ1v) is 11.0. The van der Waals surface area contributed by atoms with Gasteiger partial charge in [-0.15, -0.1) is 10.2 Å². The average molecular weight is 425 g/mol. The minimum absolute atomic E-state index is 0.0668. The van der Waals surface area contributed by atoms with Crippen LogP contribution in [0.15, 0.2) is 24.3 Å². The Bertz CT molecular complexity index is 896. The zero-order valence-electron chi connectivity index (χ0n) is 16.3. The molecule has 2 aliphatic heterocycles. The number of aromatic amines is 1. The van der Waals surface area contributed by atoms with Crippen LogP contribution < -0.4 is 18.6 Å². The number of hydrogen-bond acceptors (Lipinski definition) is 6. The quantitative estimate of drug-likeness (QED) is 0.469. The van der Waals surface area contributed by atoms with E-state index in [-0.39, 0.29) is 5.97 Å². The summed E-state index contributed by atoms with van der Waals surface area (Å²) in [7, 11) is -4.94. The van der Waals surface area contributed by atoms with Crippen molar-refractivity contribution in [2.24, 2.45) is 5.92 Å². The van der Waals surface area contributed by atoms with E-state index in [4.69, 9.17) is 23.4 Å². The topological polar surface area (TPSA) is 137 Å². The molecule has 4 rings (SSSR count). The van der Waals surface area contributed by atoms with Crippen LogP contribution in [0.2, 0.25) is 0 Å². The number of benzene rings is 1. The Morgan fingerprint density at radius 3 is 2.69 bits per heavy atom. The predicted molar refractivity (Wildman–Crippen MR) is 94.7 cm³/mol. The van der Waals surface area contributed by atoms with Crippen LogP contribution in [0.1, 0.15) is 43.9 Å². The molecule has 29 heavy (non-hydrogen) atoms. The second-order valence-electron chi connectivity index (χ2n) is 7.21. The maximum atomic E-state index is 11.8. The van der Waals surface area contributed by atoms with Crippen LogP contribution in [-0.4, -0.2) is 40.9 Å². The smallest absolute Gasteiger partial charge is 0.305 e. The highest BCUT2D eigenvalue weighted by molar-refractivity contribution is 6.04. The molecule has 2 aliphatic rings. The van der Waals surface area contributed by atoms with Gasteiger partial charge in [0.2, 0.25) is 5.71 Å². The summed E-state index contributed by atoms with van der Waals surface area (Å²) in [6, 6.07) is 8.59. The van der Waals surface area contributed by atoms with Crippen molar-refractivity contribution in [2.45, 2.75) is 39.0 Å². The number of nitrogens with one attached hydrogen (secondary N) is 1. The molecule has 1 aromatic carbocycles. The number of carbonyl (C=O) groups excluding carboxylic acids is 1. The number of hydrogen-bond donors (Lipinski definition) is 1. The molecular formula is C20H25ClN2O6. The molecule has 0 saturated carbocycles. The van der Waals surface area contributed by atoms with E-state index in [1.54, 1.807) is 0 Å². The summed E-state index contributed by atoms with van der Waals surface area (Å²) in [5.41, 5.74) is 5.44. The molecule has 0 bridgehead atoms. The van der Waals surface area contributed by atoms with E-state index in [1.165, 1.54) is 40.7 Å². The molecule has 0 saturated heterocycles. The molecule has 0 amide bonds. The Hall–Kier alpha value is -1.97. The highest BCUT2D eigenvalue weighted by Crippen LogP contribution is 2.32. The number of H-pyrrole nitrogens is 1. The summed E-state index contributed by atoms with van der Waals surface area (Å²) >= 11 is 0. The van der Waals surface area contributed by atoms with Gasteiger partial charge in [-0.05, 0) is 31.4 Å². The lowest BCUT2D eigenvalue weighted by molar-refractivity contribution is -2.00. The van der Waals surface area contributed by atoms with Crippen molar-refractivity contribution < 1.29 is 43.0 Å². The van der Waals surface area contributed by atoms with Crippen molar-refractivity contribution >= 4 is 22.6 Å². The van der Waals surface area contributed by atoms with Crippen LogP contribution in [0.25, 0.3) is 10.9 Å². The molecular weight excluding hydrogens is 400 g/mol. The SMILES string of the molecule is CCOC(=O)CCC1CCC[N+]2=C1c1[nH]c3ccccc3c1CC2.[O-][Cl+3]([O-])([O-])[O-]. The van der Waals surface area contributed by atoms with Crippen LogP contribution >= 0.6 is 0 Å². The van der Waals surface area contributed by atoms with E-state index >= 15 is 0 Å². The number of aromatic nitrogens is 1. The lowest BCUT2D eigenvalue weighted by Crippen LogP contribution is -2.68. The molecule has 1 atom stereocenters. The third kappa shape index (κ3) is 5.55. The lowest BCUT2D eigenvalue weighted by atomic mass is 9.84. The van der Waals surface area contributed by atoms with Gasteiger partial charge in [-0.25, -0.2) is 23.2 Å². The standard InChI is InChI=1S/C20H24N2O2.ClHO4/c1-2-24-18(23)10-9-14-6-5-12-22-13-11-16-15-7-3-4-8-17(15)21-19(16)20(14)22;2-1(3,4)5/h3-4,7-8,14H,2,5-6,9-13H2,1H3;(H,2,3,4,5). The van der Waals surface area contributed by atoms with Crippen molar-refractivity contribution in [2.75, 3.05) is 19.7 Å². The normalized spacial score (nSPS) is 18.6. The number of rotatable bonds is 4. The van der Waals surface area contributed by atoms with E-state index in [9.17, 15) is 4.79 Å². The molecule has 0 radical (unpaired) electrons. The number of ether oxygens (including phenoxy) is 1. The number of para-hydroxylation sites is 1. The van der Waals surface area contributed by atoms with Crippen molar-refractivity contribution in [3.8, 4) is 0 Å².